The van der Waals surface area contributed by atoms with Crippen LogP contribution in [0.3, 0.4) is 0 Å². The number of nitrogens with one attached hydrogen (secondary N) is 1. The molecule has 3 aromatic carbocycles. The van der Waals surface area contributed by atoms with Crippen LogP contribution in [-0.2, 0) is 21.4 Å². The van der Waals surface area contributed by atoms with Crippen molar-refractivity contribution in [2.24, 2.45) is 0 Å². The van der Waals surface area contributed by atoms with E-state index in [4.69, 9.17) is 0 Å². The molecule has 0 spiro atoms. The van der Waals surface area contributed by atoms with Gasteiger partial charge in [0.25, 0.3) is 5.91 Å². The van der Waals surface area contributed by atoms with Gasteiger partial charge < -0.3 is 5.32 Å². The van der Waals surface area contributed by atoms with Gasteiger partial charge in [0.1, 0.15) is 6.04 Å². The van der Waals surface area contributed by atoms with E-state index in [1.54, 1.807) is 18.2 Å². The zero-order chi connectivity index (χ0) is 21.6. The van der Waals surface area contributed by atoms with Crippen LogP contribution in [0.1, 0.15) is 12.0 Å². The average molecular weight is 436 g/mol. The summed E-state index contributed by atoms with van der Waals surface area (Å²) >= 11 is 0. The molecule has 8 heteroatoms. The average Bonchev–Trinajstić information content (AvgIpc) is 3.22. The summed E-state index contributed by atoms with van der Waals surface area (Å²) in [4.78, 5) is 27.1. The van der Waals surface area contributed by atoms with E-state index in [1.807, 2.05) is 54.6 Å². The normalized spacial score (nSPS) is 21.9. The Morgan fingerprint density at radius 3 is 2.39 bits per heavy atom. The van der Waals surface area contributed by atoms with E-state index < -0.39 is 34.0 Å². The standard InChI is InChI=1S/C23H21N3O4S/c27-22-21-20(24-23(28)25(22)15-16-6-2-1-3-7-16)12-13-26(21)31(29,30)19-11-10-17-8-4-5-9-18(17)14-19/h1-11,14,20-21H,12-13,15H2,(H,24,28). The number of nitrogens with zero attached hydrogens (tertiary/aromatic N) is 2. The van der Waals surface area contributed by atoms with Crippen molar-refractivity contribution in [2.75, 3.05) is 6.54 Å². The van der Waals surface area contributed by atoms with E-state index in [9.17, 15) is 18.0 Å². The third-order valence-electron chi connectivity index (χ3n) is 5.94. The monoisotopic (exact) mass is 435 g/mol. The lowest BCUT2D eigenvalue weighted by molar-refractivity contribution is -0.134. The molecule has 158 valence electrons. The largest absolute Gasteiger partial charge is 0.333 e. The lowest BCUT2D eigenvalue weighted by Gasteiger charge is -2.36. The van der Waals surface area contributed by atoms with Crippen LogP contribution >= 0.6 is 0 Å². The molecular formula is C23H21N3O4S. The summed E-state index contributed by atoms with van der Waals surface area (Å²) in [7, 11) is -3.91. The number of amides is 3. The summed E-state index contributed by atoms with van der Waals surface area (Å²) in [5.41, 5.74) is 0.798. The highest BCUT2D eigenvalue weighted by Gasteiger charge is 2.51. The number of hydrogen-bond donors (Lipinski definition) is 1. The van der Waals surface area contributed by atoms with E-state index in [2.05, 4.69) is 5.32 Å². The zero-order valence-corrected chi connectivity index (χ0v) is 17.5. The summed E-state index contributed by atoms with van der Waals surface area (Å²) < 4.78 is 28.2. The molecule has 2 aliphatic rings. The van der Waals surface area contributed by atoms with Crippen LogP contribution in [0.2, 0.25) is 0 Å². The maximum atomic E-state index is 13.5. The number of carbonyl (C=O) groups is 2. The molecule has 3 amide bonds. The highest BCUT2D eigenvalue weighted by Crippen LogP contribution is 2.31. The highest BCUT2D eigenvalue weighted by atomic mass is 32.2. The number of imide groups is 1. The topological polar surface area (TPSA) is 86.8 Å². The molecule has 2 atom stereocenters. The molecule has 2 saturated heterocycles. The number of urea groups is 1. The molecule has 2 fully saturated rings. The molecule has 1 N–H and O–H groups in total. The van der Waals surface area contributed by atoms with Crippen molar-refractivity contribution in [1.82, 2.24) is 14.5 Å². The molecule has 0 aliphatic carbocycles. The Morgan fingerprint density at radius 1 is 0.903 bits per heavy atom. The predicted molar refractivity (Wildman–Crippen MR) is 116 cm³/mol. The summed E-state index contributed by atoms with van der Waals surface area (Å²) in [5.74, 6) is -0.487. The van der Waals surface area contributed by atoms with Crippen molar-refractivity contribution in [2.45, 2.75) is 29.9 Å². The molecule has 0 aromatic heterocycles. The fourth-order valence-electron chi connectivity index (χ4n) is 4.36. The Balaban J connectivity index is 1.47. The van der Waals surface area contributed by atoms with Gasteiger partial charge in [-0.1, -0.05) is 60.7 Å². The van der Waals surface area contributed by atoms with Gasteiger partial charge in [0.15, 0.2) is 0 Å². The summed E-state index contributed by atoms with van der Waals surface area (Å²) in [6.45, 7) is 0.272. The van der Waals surface area contributed by atoms with Gasteiger partial charge >= 0.3 is 6.03 Å². The van der Waals surface area contributed by atoms with Gasteiger partial charge in [-0.3, -0.25) is 9.69 Å². The third kappa shape index (κ3) is 3.37. The van der Waals surface area contributed by atoms with E-state index in [0.717, 1.165) is 21.2 Å². The number of benzene rings is 3. The molecule has 3 aromatic rings. The van der Waals surface area contributed by atoms with Crippen LogP contribution in [0.25, 0.3) is 10.8 Å². The first-order valence-corrected chi connectivity index (χ1v) is 11.6. The summed E-state index contributed by atoms with van der Waals surface area (Å²) in [6, 6.07) is 19.7. The maximum Gasteiger partial charge on any atom is 0.324 e. The van der Waals surface area contributed by atoms with Crippen LogP contribution in [0.5, 0.6) is 0 Å². The third-order valence-corrected chi connectivity index (χ3v) is 7.81. The number of carbonyl (C=O) groups excluding carboxylic acids is 2. The first-order chi connectivity index (χ1) is 14.9. The smallest absolute Gasteiger partial charge is 0.324 e. The Hall–Kier alpha value is -3.23. The minimum Gasteiger partial charge on any atom is -0.333 e. The van der Waals surface area contributed by atoms with Gasteiger partial charge in [-0.15, -0.1) is 0 Å². The SMILES string of the molecule is O=C1NC2CCN(S(=O)(=O)c3ccc4ccccc4c3)C2C(=O)N1Cc1ccccc1. The van der Waals surface area contributed by atoms with E-state index in [0.29, 0.717) is 6.42 Å². The Bertz CT molecular complexity index is 1280. The first-order valence-electron chi connectivity index (χ1n) is 10.1. The van der Waals surface area contributed by atoms with Crippen LogP contribution in [-0.4, -0.2) is 48.2 Å². The van der Waals surface area contributed by atoms with Crippen molar-refractivity contribution in [3.05, 3.63) is 78.4 Å². The minimum absolute atomic E-state index is 0.0958. The second-order valence-corrected chi connectivity index (χ2v) is 9.71. The molecule has 2 aliphatic heterocycles. The summed E-state index contributed by atoms with van der Waals surface area (Å²) in [6.07, 6.45) is 0.397. The fraction of sp³-hybridized carbons (Fsp3) is 0.217. The molecule has 2 unspecified atom stereocenters. The van der Waals surface area contributed by atoms with E-state index >= 15 is 0 Å². The van der Waals surface area contributed by atoms with Gasteiger partial charge in [-0.25, -0.2) is 13.2 Å². The minimum atomic E-state index is -3.91. The van der Waals surface area contributed by atoms with E-state index in [-0.39, 0.29) is 18.0 Å². The molecule has 0 radical (unpaired) electrons. The van der Waals surface area contributed by atoms with Crippen molar-refractivity contribution in [3.63, 3.8) is 0 Å². The van der Waals surface area contributed by atoms with Crippen molar-refractivity contribution in [1.29, 1.82) is 0 Å². The highest BCUT2D eigenvalue weighted by molar-refractivity contribution is 7.89. The molecule has 31 heavy (non-hydrogen) atoms. The predicted octanol–water partition coefficient (Wildman–Crippen LogP) is 2.72. The Morgan fingerprint density at radius 2 is 1.61 bits per heavy atom. The molecule has 5 rings (SSSR count). The molecule has 0 bridgehead atoms. The zero-order valence-electron chi connectivity index (χ0n) is 16.6. The van der Waals surface area contributed by atoms with Crippen LogP contribution in [0.15, 0.2) is 77.7 Å². The van der Waals surface area contributed by atoms with Crippen molar-refractivity contribution < 1.29 is 18.0 Å². The van der Waals surface area contributed by atoms with Crippen LogP contribution in [0, 0.1) is 0 Å². The summed E-state index contributed by atoms with van der Waals surface area (Å²) in [5, 5.41) is 4.58. The van der Waals surface area contributed by atoms with Gasteiger partial charge in [-0.05, 0) is 34.9 Å². The maximum absolute atomic E-state index is 13.5. The molecule has 7 nitrogen and oxygen atoms in total. The van der Waals surface area contributed by atoms with Crippen LogP contribution in [0.4, 0.5) is 4.79 Å². The van der Waals surface area contributed by atoms with Gasteiger partial charge in [0.2, 0.25) is 10.0 Å². The van der Waals surface area contributed by atoms with Gasteiger partial charge in [0.05, 0.1) is 17.5 Å². The number of fused-ring (bicyclic) bond motifs is 2. The van der Waals surface area contributed by atoms with E-state index in [1.165, 1.54) is 4.31 Å². The number of sulfonamides is 1. The second-order valence-electron chi connectivity index (χ2n) is 7.82. The number of hydrogen-bond acceptors (Lipinski definition) is 4. The first kappa shape index (κ1) is 19.7. The number of rotatable bonds is 4. The Labute approximate surface area is 180 Å². The van der Waals surface area contributed by atoms with Crippen LogP contribution < -0.4 is 5.32 Å². The van der Waals surface area contributed by atoms with Crippen molar-refractivity contribution in [3.8, 4) is 0 Å². The fourth-order valence-corrected chi connectivity index (χ4v) is 6.02. The van der Waals surface area contributed by atoms with Gasteiger partial charge in [0, 0.05) is 6.54 Å². The second kappa shape index (κ2) is 7.47. The quantitative estimate of drug-likeness (QED) is 0.683. The molecule has 2 heterocycles. The lowest BCUT2D eigenvalue weighted by Crippen LogP contribution is -2.64. The lowest BCUT2D eigenvalue weighted by atomic mass is 10.1. The van der Waals surface area contributed by atoms with Gasteiger partial charge in [-0.2, -0.15) is 4.31 Å². The molecule has 0 saturated carbocycles. The Kier molecular flexibility index (Phi) is 4.75. The van der Waals surface area contributed by atoms with Crippen molar-refractivity contribution >= 4 is 32.7 Å². The molecular weight excluding hydrogens is 414 g/mol.